The summed E-state index contributed by atoms with van der Waals surface area (Å²) < 4.78 is 0. The maximum absolute atomic E-state index is 3.60. The van der Waals surface area contributed by atoms with Crippen molar-refractivity contribution in [3.8, 4) is 0 Å². The first-order chi connectivity index (χ1) is 8.04. The molecule has 1 aromatic rings. The molecule has 2 atom stereocenters. The average molecular weight is 251 g/mol. The van der Waals surface area contributed by atoms with Crippen molar-refractivity contribution in [2.75, 3.05) is 12.8 Å². The molecule has 1 aromatic carbocycles. The highest BCUT2D eigenvalue weighted by Gasteiger charge is 2.06. The lowest BCUT2D eigenvalue weighted by molar-refractivity contribution is 0.557. The van der Waals surface area contributed by atoms with Crippen LogP contribution in [0, 0.1) is 13.8 Å². The molecule has 2 heteroatoms. The summed E-state index contributed by atoms with van der Waals surface area (Å²) in [6.07, 6.45) is 3.41. The van der Waals surface area contributed by atoms with Crippen molar-refractivity contribution >= 4 is 11.8 Å². The molecule has 0 saturated carbocycles. The molecule has 0 aliphatic heterocycles. The number of rotatable bonds is 6. The number of hydrogen-bond donors (Lipinski definition) is 1. The Kier molecular flexibility index (Phi) is 6.07. The molecule has 0 amide bonds. The fourth-order valence-electron chi connectivity index (χ4n) is 1.77. The zero-order valence-electron chi connectivity index (χ0n) is 11.7. The third kappa shape index (κ3) is 4.72. The van der Waals surface area contributed by atoms with Gasteiger partial charge in [-0.1, -0.05) is 25.1 Å². The van der Waals surface area contributed by atoms with Crippen LogP contribution in [0.15, 0.2) is 18.2 Å². The second-order valence-corrected chi connectivity index (χ2v) is 6.13. The molecule has 0 radical (unpaired) electrons. The molecule has 0 heterocycles. The molecular formula is C15H25NS. The van der Waals surface area contributed by atoms with Gasteiger partial charge >= 0.3 is 0 Å². The minimum atomic E-state index is 0.448. The Morgan fingerprint density at radius 1 is 1.18 bits per heavy atom. The van der Waals surface area contributed by atoms with E-state index in [1.54, 1.807) is 0 Å². The monoisotopic (exact) mass is 251 g/mol. The van der Waals surface area contributed by atoms with Crippen LogP contribution >= 0.6 is 11.8 Å². The fourth-order valence-corrected chi connectivity index (χ4v) is 2.13. The van der Waals surface area contributed by atoms with Gasteiger partial charge in [0.15, 0.2) is 0 Å². The van der Waals surface area contributed by atoms with Crippen LogP contribution in [-0.4, -0.2) is 18.1 Å². The lowest BCUT2D eigenvalue weighted by Crippen LogP contribution is -2.22. The van der Waals surface area contributed by atoms with Gasteiger partial charge in [-0.3, -0.25) is 0 Å². The number of aryl methyl sites for hydroxylation is 2. The summed E-state index contributed by atoms with van der Waals surface area (Å²) in [5.41, 5.74) is 4.15. The third-order valence-corrected chi connectivity index (χ3v) is 4.48. The number of benzene rings is 1. The van der Waals surface area contributed by atoms with Crippen molar-refractivity contribution in [2.45, 2.75) is 45.4 Å². The van der Waals surface area contributed by atoms with Crippen molar-refractivity contribution in [1.82, 2.24) is 5.32 Å². The van der Waals surface area contributed by atoms with Crippen molar-refractivity contribution in [3.63, 3.8) is 0 Å². The van der Waals surface area contributed by atoms with E-state index < -0.39 is 0 Å². The minimum absolute atomic E-state index is 0.448. The van der Waals surface area contributed by atoms with E-state index in [1.807, 2.05) is 11.8 Å². The van der Waals surface area contributed by atoms with Crippen LogP contribution in [-0.2, 0) is 0 Å². The molecule has 0 fully saturated rings. The van der Waals surface area contributed by atoms with Gasteiger partial charge in [0.25, 0.3) is 0 Å². The molecule has 1 nitrogen and oxygen atoms in total. The Morgan fingerprint density at radius 3 is 2.47 bits per heavy atom. The molecule has 2 unspecified atom stereocenters. The van der Waals surface area contributed by atoms with Gasteiger partial charge in [-0.2, -0.15) is 11.8 Å². The molecule has 1 N–H and O–H groups in total. The van der Waals surface area contributed by atoms with E-state index in [4.69, 9.17) is 0 Å². The molecule has 0 saturated heterocycles. The summed E-state index contributed by atoms with van der Waals surface area (Å²) in [6.45, 7) is 9.97. The SMILES string of the molecule is CSC(C)CCNC(C)c1ccc(C)c(C)c1. The molecule has 0 aromatic heterocycles. The third-order valence-electron chi connectivity index (χ3n) is 3.43. The highest BCUT2D eigenvalue weighted by molar-refractivity contribution is 7.99. The highest BCUT2D eigenvalue weighted by Crippen LogP contribution is 2.17. The van der Waals surface area contributed by atoms with Crippen LogP contribution in [0.3, 0.4) is 0 Å². The minimum Gasteiger partial charge on any atom is -0.310 e. The maximum Gasteiger partial charge on any atom is 0.0291 e. The highest BCUT2D eigenvalue weighted by atomic mass is 32.2. The average Bonchev–Trinajstić information content (AvgIpc) is 2.32. The van der Waals surface area contributed by atoms with E-state index in [-0.39, 0.29) is 0 Å². The summed E-state index contributed by atoms with van der Waals surface area (Å²) in [4.78, 5) is 0. The summed E-state index contributed by atoms with van der Waals surface area (Å²) in [5, 5.41) is 4.34. The molecular weight excluding hydrogens is 226 g/mol. The number of hydrogen-bond acceptors (Lipinski definition) is 2. The molecule has 1 rings (SSSR count). The second kappa shape index (κ2) is 7.07. The normalized spacial score (nSPS) is 14.6. The van der Waals surface area contributed by atoms with Crippen LogP contribution in [0.4, 0.5) is 0 Å². The van der Waals surface area contributed by atoms with Crippen molar-refractivity contribution in [3.05, 3.63) is 34.9 Å². The van der Waals surface area contributed by atoms with Gasteiger partial charge in [0.2, 0.25) is 0 Å². The van der Waals surface area contributed by atoms with Gasteiger partial charge in [-0.05, 0) is 56.7 Å². The number of thioether (sulfide) groups is 1. The Labute approximate surface area is 110 Å². The molecule has 0 aliphatic rings. The lowest BCUT2D eigenvalue weighted by atomic mass is 10.0. The van der Waals surface area contributed by atoms with Crippen molar-refractivity contribution in [1.29, 1.82) is 0 Å². The van der Waals surface area contributed by atoms with Gasteiger partial charge in [0.1, 0.15) is 0 Å². The summed E-state index contributed by atoms with van der Waals surface area (Å²) in [6, 6.07) is 7.19. The maximum atomic E-state index is 3.60. The fraction of sp³-hybridized carbons (Fsp3) is 0.600. The van der Waals surface area contributed by atoms with Crippen LogP contribution < -0.4 is 5.32 Å². The molecule has 0 aliphatic carbocycles. The predicted octanol–water partition coefficient (Wildman–Crippen LogP) is 4.10. The van der Waals surface area contributed by atoms with Gasteiger partial charge in [-0.25, -0.2) is 0 Å². The van der Waals surface area contributed by atoms with Crippen molar-refractivity contribution in [2.24, 2.45) is 0 Å². The van der Waals surface area contributed by atoms with E-state index in [2.05, 4.69) is 57.5 Å². The lowest BCUT2D eigenvalue weighted by Gasteiger charge is -2.17. The first-order valence-corrected chi connectivity index (χ1v) is 7.66. The predicted molar refractivity (Wildman–Crippen MR) is 79.9 cm³/mol. The zero-order chi connectivity index (χ0) is 12.8. The Morgan fingerprint density at radius 2 is 1.88 bits per heavy atom. The van der Waals surface area contributed by atoms with Gasteiger partial charge < -0.3 is 5.32 Å². The van der Waals surface area contributed by atoms with Crippen molar-refractivity contribution < 1.29 is 0 Å². The van der Waals surface area contributed by atoms with E-state index in [0.29, 0.717) is 6.04 Å². The molecule has 0 bridgehead atoms. The Bertz CT molecular complexity index is 349. The Hall–Kier alpha value is -0.470. The van der Waals surface area contributed by atoms with E-state index in [0.717, 1.165) is 11.8 Å². The standard InChI is InChI=1S/C15H25NS/c1-11-6-7-15(10-12(11)2)14(4)16-9-8-13(3)17-5/h6-7,10,13-14,16H,8-9H2,1-5H3. The first-order valence-electron chi connectivity index (χ1n) is 6.38. The zero-order valence-corrected chi connectivity index (χ0v) is 12.5. The summed E-state index contributed by atoms with van der Waals surface area (Å²) >= 11 is 1.94. The smallest absolute Gasteiger partial charge is 0.0291 e. The van der Waals surface area contributed by atoms with Gasteiger partial charge in [-0.15, -0.1) is 0 Å². The van der Waals surface area contributed by atoms with Crippen LogP contribution in [0.5, 0.6) is 0 Å². The van der Waals surface area contributed by atoms with Crippen LogP contribution in [0.25, 0.3) is 0 Å². The largest absolute Gasteiger partial charge is 0.310 e. The Balaban J connectivity index is 2.46. The summed E-state index contributed by atoms with van der Waals surface area (Å²) in [5.74, 6) is 0. The summed E-state index contributed by atoms with van der Waals surface area (Å²) in [7, 11) is 0. The first kappa shape index (κ1) is 14.6. The van der Waals surface area contributed by atoms with E-state index in [1.165, 1.54) is 23.1 Å². The van der Waals surface area contributed by atoms with Gasteiger partial charge in [0, 0.05) is 11.3 Å². The van der Waals surface area contributed by atoms with Crippen LogP contribution in [0.1, 0.15) is 43.0 Å². The molecule has 0 spiro atoms. The second-order valence-electron chi connectivity index (χ2n) is 4.85. The number of nitrogens with one attached hydrogen (secondary N) is 1. The molecule has 96 valence electrons. The van der Waals surface area contributed by atoms with Gasteiger partial charge in [0.05, 0.1) is 0 Å². The van der Waals surface area contributed by atoms with E-state index >= 15 is 0 Å². The molecule has 17 heavy (non-hydrogen) atoms. The topological polar surface area (TPSA) is 12.0 Å². The van der Waals surface area contributed by atoms with E-state index in [9.17, 15) is 0 Å². The van der Waals surface area contributed by atoms with Crippen LogP contribution in [0.2, 0.25) is 0 Å². The quantitative estimate of drug-likeness (QED) is 0.817.